The minimum absolute atomic E-state index is 0.0636. The fourth-order valence-electron chi connectivity index (χ4n) is 3.55. The van der Waals surface area contributed by atoms with Crippen LogP contribution in [-0.4, -0.2) is 65.6 Å². The van der Waals surface area contributed by atoms with Gasteiger partial charge in [-0.1, -0.05) is 18.2 Å². The second-order valence-electron chi connectivity index (χ2n) is 7.00. The van der Waals surface area contributed by atoms with Gasteiger partial charge in [-0.25, -0.2) is 9.40 Å². The van der Waals surface area contributed by atoms with Gasteiger partial charge >= 0.3 is 0 Å². The zero-order valence-electron chi connectivity index (χ0n) is 15.3. The molecule has 1 aromatic rings. The zero-order chi connectivity index (χ0) is 18.7. The fourth-order valence-corrected chi connectivity index (χ4v) is 3.55. The topological polar surface area (TPSA) is 56.2 Å². The molecule has 7 heteroatoms. The maximum atomic E-state index is 13.9. The van der Waals surface area contributed by atoms with Gasteiger partial charge in [-0.15, -0.1) is 0 Å². The van der Waals surface area contributed by atoms with Gasteiger partial charge in [0.1, 0.15) is 11.5 Å². The average molecular weight is 360 g/mol. The van der Waals surface area contributed by atoms with Crippen LogP contribution in [0.5, 0.6) is 0 Å². The smallest absolute Gasteiger partial charge is 0.270 e. The van der Waals surface area contributed by atoms with Crippen LogP contribution in [0.1, 0.15) is 31.2 Å². The number of benzene rings is 1. The van der Waals surface area contributed by atoms with Crippen molar-refractivity contribution in [3.05, 3.63) is 35.6 Å². The van der Waals surface area contributed by atoms with Crippen LogP contribution in [0, 0.1) is 5.82 Å². The molecular formula is C19H25FN4O2. The second-order valence-corrected chi connectivity index (χ2v) is 7.00. The van der Waals surface area contributed by atoms with E-state index in [2.05, 4.69) is 10.0 Å². The van der Waals surface area contributed by atoms with E-state index in [1.54, 1.807) is 31.1 Å². The minimum Gasteiger partial charge on any atom is -0.336 e. The van der Waals surface area contributed by atoms with Gasteiger partial charge in [-0.05, 0) is 25.5 Å². The van der Waals surface area contributed by atoms with Crippen LogP contribution in [0.3, 0.4) is 0 Å². The Hall–Kier alpha value is -2.28. The van der Waals surface area contributed by atoms with Crippen molar-refractivity contribution in [2.75, 3.05) is 27.2 Å². The number of amides is 2. The lowest BCUT2D eigenvalue weighted by Gasteiger charge is -2.38. The number of rotatable bonds is 4. The molecule has 0 aromatic heterocycles. The summed E-state index contributed by atoms with van der Waals surface area (Å²) in [5, 5.41) is 5.37. The van der Waals surface area contributed by atoms with Crippen molar-refractivity contribution in [2.45, 2.75) is 38.3 Å². The lowest BCUT2D eigenvalue weighted by Crippen LogP contribution is -2.50. The highest BCUT2D eigenvalue weighted by Crippen LogP contribution is 2.20. The number of nitrogens with zero attached hydrogens (tertiary/aromatic N) is 4. The molecule has 0 aliphatic carbocycles. The van der Waals surface area contributed by atoms with E-state index in [1.165, 1.54) is 11.1 Å². The largest absolute Gasteiger partial charge is 0.336 e. The highest BCUT2D eigenvalue weighted by atomic mass is 19.1. The van der Waals surface area contributed by atoms with Crippen molar-refractivity contribution in [2.24, 2.45) is 5.10 Å². The maximum absolute atomic E-state index is 13.9. The van der Waals surface area contributed by atoms with Gasteiger partial charge in [0.05, 0.1) is 0 Å². The first-order valence-electron chi connectivity index (χ1n) is 9.02. The summed E-state index contributed by atoms with van der Waals surface area (Å²) in [4.78, 5) is 28.2. The van der Waals surface area contributed by atoms with Crippen molar-refractivity contribution in [1.82, 2.24) is 14.8 Å². The Bertz CT molecular complexity index is 721. The van der Waals surface area contributed by atoms with Crippen LogP contribution in [0.25, 0.3) is 0 Å². The maximum Gasteiger partial charge on any atom is 0.270 e. The number of carbonyl (C=O) groups excluding carboxylic acids is 2. The Kier molecular flexibility index (Phi) is 5.66. The van der Waals surface area contributed by atoms with Crippen LogP contribution in [-0.2, 0) is 16.1 Å². The summed E-state index contributed by atoms with van der Waals surface area (Å²) in [6, 6.07) is 6.88. The molecule has 1 atom stereocenters. The first-order chi connectivity index (χ1) is 12.5. The predicted octanol–water partition coefficient (Wildman–Crippen LogP) is 1.86. The molecule has 2 heterocycles. The Labute approximate surface area is 153 Å². The van der Waals surface area contributed by atoms with Crippen molar-refractivity contribution in [3.8, 4) is 0 Å². The van der Waals surface area contributed by atoms with Crippen LogP contribution in [0.15, 0.2) is 29.4 Å². The average Bonchev–Trinajstić information content (AvgIpc) is 2.65. The molecule has 140 valence electrons. The predicted molar refractivity (Wildman–Crippen MR) is 96.9 cm³/mol. The van der Waals surface area contributed by atoms with Crippen molar-refractivity contribution < 1.29 is 14.0 Å². The molecule has 2 aliphatic rings. The lowest BCUT2D eigenvalue weighted by atomic mass is 10.0. The standard InChI is InChI=1S/C19H25FN4O2/c1-22(19(26)17-9-10-18(25)23(2)21-17)15-7-5-11-24(13-15)12-14-6-3-4-8-16(14)20/h3-4,6,8,15H,5,7,9-13H2,1-2H3. The quantitative estimate of drug-likeness (QED) is 0.824. The normalized spacial score (nSPS) is 21.5. The first kappa shape index (κ1) is 18.5. The minimum atomic E-state index is -0.191. The third-order valence-electron chi connectivity index (χ3n) is 5.15. The Morgan fingerprint density at radius 2 is 2.12 bits per heavy atom. The Balaban J connectivity index is 1.63. The van der Waals surface area contributed by atoms with Crippen LogP contribution < -0.4 is 0 Å². The summed E-state index contributed by atoms with van der Waals surface area (Å²) >= 11 is 0. The van der Waals surface area contributed by atoms with Crippen LogP contribution in [0.2, 0.25) is 0 Å². The van der Waals surface area contributed by atoms with Crippen molar-refractivity contribution in [1.29, 1.82) is 0 Å². The molecular weight excluding hydrogens is 335 g/mol. The van der Waals surface area contributed by atoms with E-state index in [1.807, 2.05) is 6.07 Å². The summed E-state index contributed by atoms with van der Waals surface area (Å²) in [7, 11) is 3.37. The fraction of sp³-hybridized carbons (Fsp3) is 0.526. The molecule has 1 aromatic carbocycles. The van der Waals surface area contributed by atoms with E-state index in [-0.39, 0.29) is 23.7 Å². The molecule has 0 N–H and O–H groups in total. The zero-order valence-corrected chi connectivity index (χ0v) is 15.3. The third-order valence-corrected chi connectivity index (χ3v) is 5.15. The van der Waals surface area contributed by atoms with E-state index in [0.717, 1.165) is 19.4 Å². The second kappa shape index (κ2) is 7.95. The van der Waals surface area contributed by atoms with Gasteiger partial charge in [0.2, 0.25) is 5.91 Å². The van der Waals surface area contributed by atoms with Crippen molar-refractivity contribution in [3.63, 3.8) is 0 Å². The highest BCUT2D eigenvalue weighted by Gasteiger charge is 2.30. The first-order valence-corrected chi connectivity index (χ1v) is 9.02. The highest BCUT2D eigenvalue weighted by molar-refractivity contribution is 6.39. The summed E-state index contributed by atoms with van der Waals surface area (Å²) in [5.74, 6) is -0.386. The molecule has 1 unspecified atom stereocenters. The van der Waals surface area contributed by atoms with Crippen LogP contribution >= 0.6 is 0 Å². The number of piperidine rings is 1. The van der Waals surface area contributed by atoms with Gasteiger partial charge < -0.3 is 4.90 Å². The Morgan fingerprint density at radius 3 is 2.85 bits per heavy atom. The molecule has 1 saturated heterocycles. The number of likely N-dealkylation sites (N-methyl/N-ethyl adjacent to an activating group) is 1. The molecule has 26 heavy (non-hydrogen) atoms. The molecule has 0 bridgehead atoms. The van der Waals surface area contributed by atoms with E-state index in [4.69, 9.17) is 0 Å². The number of hydrazone groups is 1. The van der Waals surface area contributed by atoms with Gasteiger partial charge in [0.15, 0.2) is 0 Å². The SMILES string of the molecule is CN1N=C(C(=O)N(C)C2CCCN(Cc3ccccc3F)C2)CCC1=O. The molecule has 0 spiro atoms. The van der Waals surface area contributed by atoms with E-state index < -0.39 is 0 Å². The van der Waals surface area contributed by atoms with E-state index >= 15 is 0 Å². The summed E-state index contributed by atoms with van der Waals surface area (Å²) in [6.45, 7) is 2.15. The number of halogens is 1. The number of likely N-dealkylation sites (tertiary alicyclic amines) is 1. The summed E-state index contributed by atoms with van der Waals surface area (Å²) in [5.41, 5.74) is 1.11. The van der Waals surface area contributed by atoms with Gasteiger partial charge in [0, 0.05) is 51.6 Å². The summed E-state index contributed by atoms with van der Waals surface area (Å²) in [6.07, 6.45) is 2.58. The number of hydrogen-bond acceptors (Lipinski definition) is 4. The molecule has 0 radical (unpaired) electrons. The monoisotopic (exact) mass is 360 g/mol. The molecule has 6 nitrogen and oxygen atoms in total. The van der Waals surface area contributed by atoms with E-state index in [9.17, 15) is 14.0 Å². The number of carbonyl (C=O) groups is 2. The molecule has 3 rings (SSSR count). The molecule has 1 fully saturated rings. The lowest BCUT2D eigenvalue weighted by molar-refractivity contribution is -0.131. The third kappa shape index (κ3) is 4.09. The summed E-state index contributed by atoms with van der Waals surface area (Å²) < 4.78 is 13.9. The number of hydrogen-bond donors (Lipinski definition) is 0. The van der Waals surface area contributed by atoms with Crippen molar-refractivity contribution >= 4 is 17.5 Å². The molecule has 2 aliphatic heterocycles. The van der Waals surface area contributed by atoms with Crippen LogP contribution in [0.4, 0.5) is 4.39 Å². The van der Waals surface area contributed by atoms with Gasteiger partial charge in [-0.3, -0.25) is 14.5 Å². The van der Waals surface area contributed by atoms with Gasteiger partial charge in [0.25, 0.3) is 5.91 Å². The molecule has 2 amide bonds. The Morgan fingerprint density at radius 1 is 1.35 bits per heavy atom. The van der Waals surface area contributed by atoms with Gasteiger partial charge in [-0.2, -0.15) is 5.10 Å². The van der Waals surface area contributed by atoms with E-state index in [0.29, 0.717) is 37.2 Å². The molecule has 0 saturated carbocycles.